The Labute approximate surface area is 145 Å². The summed E-state index contributed by atoms with van der Waals surface area (Å²) < 4.78 is 27.9. The standard InChI is InChI=1S/C19H20F2N2O2/c1-12-10-22-7-6-15(12)18(16-5-4-14(20)9-17(16)21)23-8-2-3-13(11-23)19(24)25/h4-7,9-10,13,18H,2-3,8,11H2,1H3,(H,24,25). The third kappa shape index (κ3) is 3.69. The predicted molar refractivity (Wildman–Crippen MR) is 89.1 cm³/mol. The molecule has 1 saturated heterocycles. The molecule has 132 valence electrons. The largest absolute Gasteiger partial charge is 0.481 e. The molecule has 0 amide bonds. The number of rotatable bonds is 4. The van der Waals surface area contributed by atoms with E-state index in [2.05, 4.69) is 4.98 Å². The highest BCUT2D eigenvalue weighted by molar-refractivity contribution is 5.70. The lowest BCUT2D eigenvalue weighted by atomic mass is 9.90. The van der Waals surface area contributed by atoms with Crippen LogP contribution in [-0.4, -0.2) is 34.0 Å². The normalized spacial score (nSPS) is 19.6. The molecule has 0 saturated carbocycles. The van der Waals surface area contributed by atoms with Gasteiger partial charge in [0.15, 0.2) is 0 Å². The van der Waals surface area contributed by atoms with Gasteiger partial charge in [-0.1, -0.05) is 6.07 Å². The Balaban J connectivity index is 2.06. The number of hydrogen-bond donors (Lipinski definition) is 1. The Hall–Kier alpha value is -2.34. The number of carboxylic acids is 1. The number of benzene rings is 1. The molecule has 4 nitrogen and oxygen atoms in total. The van der Waals surface area contributed by atoms with Crippen LogP contribution in [0.5, 0.6) is 0 Å². The van der Waals surface area contributed by atoms with Crippen molar-refractivity contribution >= 4 is 5.97 Å². The van der Waals surface area contributed by atoms with Crippen molar-refractivity contribution in [2.75, 3.05) is 13.1 Å². The monoisotopic (exact) mass is 346 g/mol. The van der Waals surface area contributed by atoms with Crippen molar-refractivity contribution in [3.63, 3.8) is 0 Å². The van der Waals surface area contributed by atoms with Gasteiger partial charge < -0.3 is 5.11 Å². The van der Waals surface area contributed by atoms with Crippen LogP contribution in [0.15, 0.2) is 36.7 Å². The van der Waals surface area contributed by atoms with E-state index < -0.39 is 29.6 Å². The summed E-state index contributed by atoms with van der Waals surface area (Å²) in [5, 5.41) is 9.36. The summed E-state index contributed by atoms with van der Waals surface area (Å²) in [7, 11) is 0. The number of halogens is 2. The Bertz CT molecular complexity index is 782. The summed E-state index contributed by atoms with van der Waals surface area (Å²) >= 11 is 0. The van der Waals surface area contributed by atoms with Crippen LogP contribution in [0, 0.1) is 24.5 Å². The average molecular weight is 346 g/mol. The number of aryl methyl sites for hydroxylation is 1. The molecule has 6 heteroatoms. The summed E-state index contributed by atoms with van der Waals surface area (Å²) in [6.45, 7) is 2.88. The number of hydrogen-bond acceptors (Lipinski definition) is 3. The fourth-order valence-corrected chi connectivity index (χ4v) is 3.52. The molecule has 1 aliphatic rings. The molecular formula is C19H20F2N2O2. The van der Waals surface area contributed by atoms with Crippen LogP contribution in [0.3, 0.4) is 0 Å². The third-order valence-electron chi connectivity index (χ3n) is 4.78. The Morgan fingerprint density at radius 1 is 1.32 bits per heavy atom. The van der Waals surface area contributed by atoms with Crippen molar-refractivity contribution in [2.24, 2.45) is 5.92 Å². The van der Waals surface area contributed by atoms with Gasteiger partial charge in [0, 0.05) is 30.6 Å². The van der Waals surface area contributed by atoms with Crippen LogP contribution in [0.2, 0.25) is 0 Å². The van der Waals surface area contributed by atoms with Gasteiger partial charge in [0.05, 0.1) is 12.0 Å². The van der Waals surface area contributed by atoms with Gasteiger partial charge in [-0.05, 0) is 49.6 Å². The minimum Gasteiger partial charge on any atom is -0.481 e. The summed E-state index contributed by atoms with van der Waals surface area (Å²) in [6, 6.07) is 4.90. The van der Waals surface area contributed by atoms with Crippen LogP contribution in [0.25, 0.3) is 0 Å². The SMILES string of the molecule is Cc1cnccc1C(c1ccc(F)cc1F)N1CCCC(C(=O)O)C1. The number of aromatic nitrogens is 1. The van der Waals surface area contributed by atoms with Gasteiger partial charge in [-0.3, -0.25) is 14.7 Å². The van der Waals surface area contributed by atoms with Gasteiger partial charge >= 0.3 is 5.97 Å². The number of carboxylic acid groups (broad SMARTS) is 1. The van der Waals surface area contributed by atoms with Gasteiger partial charge in [0.2, 0.25) is 0 Å². The number of aliphatic carboxylic acids is 1. The number of carbonyl (C=O) groups is 1. The van der Waals surface area contributed by atoms with Gasteiger partial charge in [-0.2, -0.15) is 0 Å². The molecule has 0 bridgehead atoms. The van der Waals surface area contributed by atoms with Crippen LogP contribution in [0.4, 0.5) is 8.78 Å². The smallest absolute Gasteiger partial charge is 0.307 e. The summed E-state index contributed by atoms with van der Waals surface area (Å²) in [5.74, 6) is -2.58. The first-order valence-corrected chi connectivity index (χ1v) is 8.29. The molecule has 1 aromatic carbocycles. The number of pyridine rings is 1. The van der Waals surface area contributed by atoms with Crippen molar-refractivity contribution in [3.05, 3.63) is 65.0 Å². The Morgan fingerprint density at radius 3 is 2.80 bits per heavy atom. The highest BCUT2D eigenvalue weighted by Crippen LogP contribution is 2.35. The molecular weight excluding hydrogens is 326 g/mol. The third-order valence-corrected chi connectivity index (χ3v) is 4.78. The maximum Gasteiger partial charge on any atom is 0.307 e. The van der Waals surface area contributed by atoms with Gasteiger partial charge in [-0.15, -0.1) is 0 Å². The zero-order valence-corrected chi connectivity index (χ0v) is 14.0. The lowest BCUT2D eigenvalue weighted by Gasteiger charge is -2.38. The van der Waals surface area contributed by atoms with Gasteiger partial charge in [0.1, 0.15) is 11.6 Å². The van der Waals surface area contributed by atoms with E-state index in [0.29, 0.717) is 25.1 Å². The van der Waals surface area contributed by atoms with Crippen molar-refractivity contribution in [2.45, 2.75) is 25.8 Å². The fraction of sp³-hybridized carbons (Fsp3) is 0.368. The maximum atomic E-state index is 14.5. The van der Waals surface area contributed by atoms with Gasteiger partial charge in [-0.25, -0.2) is 8.78 Å². The number of nitrogens with zero attached hydrogens (tertiary/aromatic N) is 2. The van der Waals surface area contributed by atoms with Crippen LogP contribution in [0.1, 0.15) is 35.6 Å². The molecule has 2 heterocycles. The Kier molecular flexibility index (Phi) is 5.08. The van der Waals surface area contributed by atoms with E-state index in [1.807, 2.05) is 17.9 Å². The number of likely N-dealkylation sites (tertiary alicyclic amines) is 1. The van der Waals surface area contributed by atoms with Crippen molar-refractivity contribution < 1.29 is 18.7 Å². The van der Waals surface area contributed by atoms with Crippen LogP contribution in [-0.2, 0) is 4.79 Å². The van der Waals surface area contributed by atoms with E-state index in [1.165, 1.54) is 12.1 Å². The average Bonchev–Trinajstić information content (AvgIpc) is 2.59. The molecule has 1 aliphatic heterocycles. The molecule has 1 aromatic heterocycles. The van der Waals surface area contributed by atoms with E-state index in [-0.39, 0.29) is 0 Å². The van der Waals surface area contributed by atoms with E-state index in [1.54, 1.807) is 12.4 Å². The first-order valence-electron chi connectivity index (χ1n) is 8.29. The lowest BCUT2D eigenvalue weighted by molar-refractivity contribution is -0.143. The summed E-state index contributed by atoms with van der Waals surface area (Å²) in [6.07, 6.45) is 4.66. The topological polar surface area (TPSA) is 53.4 Å². The minimum atomic E-state index is -0.838. The fourth-order valence-electron chi connectivity index (χ4n) is 3.52. The minimum absolute atomic E-state index is 0.332. The second-order valence-electron chi connectivity index (χ2n) is 6.47. The molecule has 25 heavy (non-hydrogen) atoms. The molecule has 3 rings (SSSR count). The number of piperidine rings is 1. The molecule has 0 spiro atoms. The summed E-state index contributed by atoms with van der Waals surface area (Å²) in [4.78, 5) is 17.5. The molecule has 1 fully saturated rings. The molecule has 2 atom stereocenters. The first kappa shape index (κ1) is 17.5. The van der Waals surface area contributed by atoms with Crippen LogP contribution >= 0.6 is 0 Å². The van der Waals surface area contributed by atoms with Crippen molar-refractivity contribution in [1.29, 1.82) is 0 Å². The van der Waals surface area contributed by atoms with E-state index in [4.69, 9.17) is 0 Å². The molecule has 2 aromatic rings. The quantitative estimate of drug-likeness (QED) is 0.920. The maximum absolute atomic E-state index is 14.5. The van der Waals surface area contributed by atoms with Gasteiger partial charge in [0.25, 0.3) is 0 Å². The van der Waals surface area contributed by atoms with E-state index >= 15 is 0 Å². The molecule has 2 unspecified atom stereocenters. The lowest BCUT2D eigenvalue weighted by Crippen LogP contribution is -2.41. The molecule has 0 radical (unpaired) electrons. The molecule has 1 N–H and O–H groups in total. The first-order chi connectivity index (χ1) is 12.0. The highest BCUT2D eigenvalue weighted by atomic mass is 19.1. The molecule has 0 aliphatic carbocycles. The zero-order valence-electron chi connectivity index (χ0n) is 14.0. The van der Waals surface area contributed by atoms with E-state index in [9.17, 15) is 18.7 Å². The highest BCUT2D eigenvalue weighted by Gasteiger charge is 2.33. The predicted octanol–water partition coefficient (Wildman–Crippen LogP) is 3.55. The second kappa shape index (κ2) is 7.27. The van der Waals surface area contributed by atoms with Crippen LogP contribution < -0.4 is 0 Å². The summed E-state index contributed by atoms with van der Waals surface area (Å²) in [5.41, 5.74) is 2.09. The second-order valence-corrected chi connectivity index (χ2v) is 6.47. The Morgan fingerprint density at radius 2 is 2.12 bits per heavy atom. The van der Waals surface area contributed by atoms with Crippen molar-refractivity contribution in [3.8, 4) is 0 Å². The van der Waals surface area contributed by atoms with Crippen molar-refractivity contribution in [1.82, 2.24) is 9.88 Å². The van der Waals surface area contributed by atoms with E-state index in [0.717, 1.165) is 23.6 Å². The zero-order chi connectivity index (χ0) is 18.0.